The number of benzene rings is 1. The minimum absolute atomic E-state index is 0.0757. The molecule has 1 aromatic carbocycles. The summed E-state index contributed by atoms with van der Waals surface area (Å²) in [6.07, 6.45) is 4.67. The second-order valence-corrected chi connectivity index (χ2v) is 4.99. The SMILES string of the molecule is CCC(C)(C)Nc1ccc(N)c2cnccc12. The molecule has 0 radical (unpaired) electrons. The Hall–Kier alpha value is -1.77. The number of hydrogen-bond donors (Lipinski definition) is 2. The number of nitrogens with zero attached hydrogens (tertiary/aromatic N) is 1. The van der Waals surface area contributed by atoms with Gasteiger partial charge in [0.25, 0.3) is 0 Å². The van der Waals surface area contributed by atoms with Crippen LogP contribution in [0.3, 0.4) is 0 Å². The first-order valence-electron chi connectivity index (χ1n) is 5.94. The maximum atomic E-state index is 5.95. The highest BCUT2D eigenvalue weighted by Crippen LogP contribution is 2.29. The molecule has 0 aliphatic heterocycles. The minimum atomic E-state index is 0.0757. The van der Waals surface area contributed by atoms with Gasteiger partial charge in [0.2, 0.25) is 0 Å². The van der Waals surface area contributed by atoms with Crippen molar-refractivity contribution in [3.63, 3.8) is 0 Å². The van der Waals surface area contributed by atoms with Crippen molar-refractivity contribution in [2.75, 3.05) is 11.1 Å². The first-order chi connectivity index (χ1) is 8.03. The molecule has 0 fully saturated rings. The Kier molecular flexibility index (Phi) is 2.92. The molecule has 2 rings (SSSR count). The third-order valence-corrected chi connectivity index (χ3v) is 3.21. The molecule has 2 aromatic rings. The predicted molar refractivity (Wildman–Crippen MR) is 74.1 cm³/mol. The highest BCUT2D eigenvalue weighted by Gasteiger charge is 2.15. The first kappa shape index (κ1) is 11.7. The molecule has 0 aliphatic rings. The Morgan fingerprint density at radius 2 is 2.00 bits per heavy atom. The van der Waals surface area contributed by atoms with Gasteiger partial charge in [-0.05, 0) is 38.5 Å². The van der Waals surface area contributed by atoms with E-state index in [0.29, 0.717) is 0 Å². The molecule has 3 nitrogen and oxygen atoms in total. The quantitative estimate of drug-likeness (QED) is 0.793. The Morgan fingerprint density at radius 1 is 1.24 bits per heavy atom. The van der Waals surface area contributed by atoms with Gasteiger partial charge in [-0.3, -0.25) is 4.98 Å². The summed E-state index contributed by atoms with van der Waals surface area (Å²) in [6.45, 7) is 6.56. The minimum Gasteiger partial charge on any atom is -0.398 e. The van der Waals surface area contributed by atoms with E-state index in [2.05, 4.69) is 31.1 Å². The number of nitrogens with one attached hydrogen (secondary N) is 1. The summed E-state index contributed by atoms with van der Waals surface area (Å²) in [7, 11) is 0. The molecule has 17 heavy (non-hydrogen) atoms. The summed E-state index contributed by atoms with van der Waals surface area (Å²) in [4.78, 5) is 4.12. The maximum absolute atomic E-state index is 5.95. The fourth-order valence-corrected chi connectivity index (χ4v) is 1.77. The van der Waals surface area contributed by atoms with Crippen LogP contribution >= 0.6 is 0 Å². The summed E-state index contributed by atoms with van der Waals surface area (Å²) < 4.78 is 0. The van der Waals surface area contributed by atoms with E-state index in [1.165, 1.54) is 0 Å². The molecule has 0 saturated carbocycles. The summed E-state index contributed by atoms with van der Waals surface area (Å²) in [5, 5.41) is 5.69. The van der Waals surface area contributed by atoms with Crippen LogP contribution in [0.1, 0.15) is 27.2 Å². The Bertz CT molecular complexity index is 532. The third kappa shape index (κ3) is 2.33. The number of aromatic nitrogens is 1. The molecule has 0 bridgehead atoms. The number of hydrogen-bond acceptors (Lipinski definition) is 3. The van der Waals surface area contributed by atoms with E-state index < -0.39 is 0 Å². The third-order valence-electron chi connectivity index (χ3n) is 3.21. The standard InChI is InChI=1S/C14H19N3/c1-4-14(2,3)17-13-6-5-12(15)11-9-16-8-7-10(11)13/h5-9,17H,4,15H2,1-3H3. The molecular weight excluding hydrogens is 210 g/mol. The van der Waals surface area contributed by atoms with E-state index in [1.54, 1.807) is 6.20 Å². The van der Waals surface area contributed by atoms with Crippen molar-refractivity contribution in [3.8, 4) is 0 Å². The smallest absolute Gasteiger partial charge is 0.0426 e. The van der Waals surface area contributed by atoms with Gasteiger partial charge in [0.1, 0.15) is 0 Å². The zero-order valence-corrected chi connectivity index (χ0v) is 10.6. The van der Waals surface area contributed by atoms with Gasteiger partial charge in [-0.25, -0.2) is 0 Å². The van der Waals surface area contributed by atoms with Gasteiger partial charge in [-0.15, -0.1) is 0 Å². The van der Waals surface area contributed by atoms with Crippen molar-refractivity contribution in [1.82, 2.24) is 4.98 Å². The summed E-state index contributed by atoms with van der Waals surface area (Å²) in [5.41, 5.74) is 7.91. The van der Waals surface area contributed by atoms with Gasteiger partial charge in [-0.2, -0.15) is 0 Å². The van der Waals surface area contributed by atoms with E-state index in [9.17, 15) is 0 Å². The van der Waals surface area contributed by atoms with Crippen molar-refractivity contribution >= 4 is 22.1 Å². The van der Waals surface area contributed by atoms with Gasteiger partial charge in [0, 0.05) is 40.1 Å². The van der Waals surface area contributed by atoms with Crippen LogP contribution in [0.5, 0.6) is 0 Å². The maximum Gasteiger partial charge on any atom is 0.0426 e. The monoisotopic (exact) mass is 229 g/mol. The number of pyridine rings is 1. The molecule has 0 saturated heterocycles. The number of fused-ring (bicyclic) bond motifs is 1. The van der Waals surface area contributed by atoms with Crippen molar-refractivity contribution in [2.45, 2.75) is 32.7 Å². The van der Waals surface area contributed by atoms with Gasteiger partial charge >= 0.3 is 0 Å². The van der Waals surface area contributed by atoms with Gasteiger partial charge in [0.15, 0.2) is 0 Å². The van der Waals surface area contributed by atoms with E-state index in [4.69, 9.17) is 5.73 Å². The van der Waals surface area contributed by atoms with Crippen molar-refractivity contribution in [3.05, 3.63) is 30.6 Å². The van der Waals surface area contributed by atoms with E-state index in [-0.39, 0.29) is 5.54 Å². The van der Waals surface area contributed by atoms with Crippen LogP contribution < -0.4 is 11.1 Å². The lowest BCUT2D eigenvalue weighted by molar-refractivity contribution is 0.548. The molecular formula is C14H19N3. The van der Waals surface area contributed by atoms with Crippen LogP contribution in [0.4, 0.5) is 11.4 Å². The molecule has 1 heterocycles. The van der Waals surface area contributed by atoms with Crippen LogP contribution in [0.25, 0.3) is 10.8 Å². The van der Waals surface area contributed by atoms with Crippen molar-refractivity contribution in [1.29, 1.82) is 0 Å². The zero-order chi connectivity index (χ0) is 12.5. The van der Waals surface area contributed by atoms with Crippen LogP contribution in [-0.4, -0.2) is 10.5 Å². The van der Waals surface area contributed by atoms with Gasteiger partial charge < -0.3 is 11.1 Å². The van der Waals surface area contributed by atoms with Crippen molar-refractivity contribution < 1.29 is 0 Å². The molecule has 0 atom stereocenters. The highest BCUT2D eigenvalue weighted by atomic mass is 15.0. The number of anilines is 2. The second-order valence-electron chi connectivity index (χ2n) is 4.99. The average molecular weight is 229 g/mol. The summed E-state index contributed by atoms with van der Waals surface area (Å²) >= 11 is 0. The molecule has 0 amide bonds. The lowest BCUT2D eigenvalue weighted by Gasteiger charge is -2.27. The predicted octanol–water partition coefficient (Wildman–Crippen LogP) is 3.42. The molecule has 0 aliphatic carbocycles. The van der Waals surface area contributed by atoms with Crippen LogP contribution in [-0.2, 0) is 0 Å². The van der Waals surface area contributed by atoms with Gasteiger partial charge in [0.05, 0.1) is 0 Å². The second kappa shape index (κ2) is 4.24. The largest absolute Gasteiger partial charge is 0.398 e. The van der Waals surface area contributed by atoms with Gasteiger partial charge in [-0.1, -0.05) is 6.92 Å². The lowest BCUT2D eigenvalue weighted by atomic mass is 10.00. The van der Waals surface area contributed by atoms with Crippen LogP contribution in [0, 0.1) is 0 Å². The topological polar surface area (TPSA) is 50.9 Å². The van der Waals surface area contributed by atoms with E-state index in [1.807, 2.05) is 24.4 Å². The Morgan fingerprint density at radius 3 is 2.71 bits per heavy atom. The fourth-order valence-electron chi connectivity index (χ4n) is 1.77. The lowest BCUT2D eigenvalue weighted by Crippen LogP contribution is -2.29. The van der Waals surface area contributed by atoms with E-state index in [0.717, 1.165) is 28.6 Å². The van der Waals surface area contributed by atoms with Crippen LogP contribution in [0.2, 0.25) is 0 Å². The normalized spacial score (nSPS) is 11.7. The number of nitrogens with two attached hydrogens (primary N) is 1. The average Bonchev–Trinajstić information content (AvgIpc) is 2.33. The summed E-state index contributed by atoms with van der Waals surface area (Å²) in [5.74, 6) is 0. The number of nitrogen functional groups attached to an aromatic ring is 1. The molecule has 0 unspecified atom stereocenters. The molecule has 3 N–H and O–H groups in total. The number of rotatable bonds is 3. The molecule has 1 aromatic heterocycles. The fraction of sp³-hybridized carbons (Fsp3) is 0.357. The highest BCUT2D eigenvalue weighted by molar-refractivity contribution is 6.00. The van der Waals surface area contributed by atoms with Crippen molar-refractivity contribution in [2.24, 2.45) is 0 Å². The Balaban J connectivity index is 2.52. The molecule has 90 valence electrons. The Labute approximate surface area is 102 Å². The summed E-state index contributed by atoms with van der Waals surface area (Å²) in [6, 6.07) is 5.97. The van der Waals surface area contributed by atoms with E-state index >= 15 is 0 Å². The molecule has 0 spiro atoms. The first-order valence-corrected chi connectivity index (χ1v) is 5.94. The van der Waals surface area contributed by atoms with Crippen LogP contribution in [0.15, 0.2) is 30.6 Å². The molecule has 3 heteroatoms. The zero-order valence-electron chi connectivity index (χ0n) is 10.6.